The topological polar surface area (TPSA) is 88.5 Å². The van der Waals surface area contributed by atoms with Crippen LogP contribution in [0, 0.1) is 11.8 Å². The van der Waals surface area contributed by atoms with Crippen molar-refractivity contribution in [3.8, 4) is 11.8 Å². The van der Waals surface area contributed by atoms with Crippen LogP contribution in [-0.2, 0) is 14.8 Å². The third kappa shape index (κ3) is 5.81. The van der Waals surface area contributed by atoms with Gasteiger partial charge in [0.25, 0.3) is 0 Å². The third-order valence-electron chi connectivity index (χ3n) is 2.56. The van der Waals surface area contributed by atoms with Gasteiger partial charge >= 0.3 is 0 Å². The van der Waals surface area contributed by atoms with E-state index < -0.39 is 15.6 Å². The van der Waals surface area contributed by atoms with Gasteiger partial charge in [-0.25, -0.2) is 13.1 Å². The second-order valence-electron chi connectivity index (χ2n) is 4.89. The van der Waals surface area contributed by atoms with E-state index in [0.29, 0.717) is 12.2 Å². The minimum Gasteiger partial charge on any atom is -0.384 e. The molecule has 116 valence electrons. The van der Waals surface area contributed by atoms with Crippen molar-refractivity contribution in [2.24, 2.45) is 0 Å². The number of hydrogen-bond donors (Lipinski definition) is 2. The molecule has 0 radical (unpaired) electrons. The molecule has 1 aromatic heterocycles. The zero-order valence-corrected chi connectivity index (χ0v) is 13.2. The Morgan fingerprint density at radius 1 is 1.43 bits per heavy atom. The highest BCUT2D eigenvalue weighted by Crippen LogP contribution is 2.12. The average molecular weight is 312 g/mol. The van der Waals surface area contributed by atoms with E-state index in [1.807, 2.05) is 6.92 Å². The van der Waals surface area contributed by atoms with Crippen LogP contribution in [0.2, 0.25) is 0 Å². The van der Waals surface area contributed by atoms with Crippen LogP contribution in [0.1, 0.15) is 26.3 Å². The summed E-state index contributed by atoms with van der Waals surface area (Å²) in [5.74, 6) is 5.07. The van der Waals surface area contributed by atoms with E-state index in [0.717, 1.165) is 0 Å². The van der Waals surface area contributed by atoms with E-state index in [2.05, 4.69) is 21.5 Å². The fourth-order valence-corrected chi connectivity index (χ4v) is 2.76. The molecule has 0 fully saturated rings. The smallest absolute Gasteiger partial charge is 0.242 e. The summed E-state index contributed by atoms with van der Waals surface area (Å²) < 4.78 is 32.3. The molecular formula is C14H20N2O4S. The average Bonchev–Trinajstić information content (AvgIpc) is 2.44. The van der Waals surface area contributed by atoms with Gasteiger partial charge in [0.1, 0.15) is 11.5 Å². The van der Waals surface area contributed by atoms with E-state index in [1.54, 1.807) is 13.8 Å². The lowest BCUT2D eigenvalue weighted by atomic mass is 10.1. The number of rotatable bonds is 6. The Morgan fingerprint density at radius 2 is 2.14 bits per heavy atom. The van der Waals surface area contributed by atoms with Gasteiger partial charge in [-0.3, -0.25) is 4.98 Å². The summed E-state index contributed by atoms with van der Waals surface area (Å²) in [7, 11) is -3.68. The van der Waals surface area contributed by atoms with Crippen LogP contribution in [0.15, 0.2) is 23.4 Å². The lowest BCUT2D eigenvalue weighted by Crippen LogP contribution is -2.40. The highest BCUT2D eigenvalue weighted by molar-refractivity contribution is 7.89. The zero-order chi connectivity index (χ0) is 15.9. The monoisotopic (exact) mass is 312 g/mol. The summed E-state index contributed by atoms with van der Waals surface area (Å²) >= 11 is 0. The fourth-order valence-electron chi connectivity index (χ4n) is 1.57. The molecule has 0 aliphatic carbocycles. The molecule has 6 nitrogen and oxygen atoms in total. The van der Waals surface area contributed by atoms with E-state index >= 15 is 0 Å². The molecule has 0 amide bonds. The molecule has 7 heteroatoms. The molecule has 1 rings (SSSR count). The van der Waals surface area contributed by atoms with Crippen LogP contribution in [0.5, 0.6) is 0 Å². The Bertz CT molecular complexity index is 630. The second kappa shape index (κ2) is 7.52. The summed E-state index contributed by atoms with van der Waals surface area (Å²) in [6, 6.07) is 1.41. The molecule has 0 bridgehead atoms. The van der Waals surface area contributed by atoms with Crippen molar-refractivity contribution in [1.82, 2.24) is 9.71 Å². The lowest BCUT2D eigenvalue weighted by molar-refractivity contribution is -0.00515. The van der Waals surface area contributed by atoms with Gasteiger partial charge in [-0.05, 0) is 26.8 Å². The van der Waals surface area contributed by atoms with Gasteiger partial charge in [0.2, 0.25) is 10.0 Å². The van der Waals surface area contributed by atoms with Gasteiger partial charge in [0.05, 0.1) is 5.60 Å². The first-order valence-electron chi connectivity index (χ1n) is 6.49. The summed E-state index contributed by atoms with van der Waals surface area (Å²) in [6.45, 7) is 5.82. The second-order valence-corrected chi connectivity index (χ2v) is 6.65. The van der Waals surface area contributed by atoms with E-state index in [-0.39, 0.29) is 18.0 Å². The molecule has 0 unspecified atom stereocenters. The normalized spacial score (nSPS) is 11.8. The number of hydrogen-bond acceptors (Lipinski definition) is 5. The maximum Gasteiger partial charge on any atom is 0.242 e. The molecule has 21 heavy (non-hydrogen) atoms. The van der Waals surface area contributed by atoms with Crippen LogP contribution >= 0.6 is 0 Å². The lowest BCUT2D eigenvalue weighted by Gasteiger charge is -2.24. The Morgan fingerprint density at radius 3 is 2.76 bits per heavy atom. The van der Waals surface area contributed by atoms with Crippen LogP contribution < -0.4 is 4.72 Å². The van der Waals surface area contributed by atoms with E-state index in [9.17, 15) is 8.42 Å². The SMILES string of the molecule is CCOC(C)(C)CNS(=O)(=O)c1cncc(C#CCO)c1. The Labute approximate surface area is 125 Å². The molecule has 2 N–H and O–H groups in total. The predicted molar refractivity (Wildman–Crippen MR) is 79.1 cm³/mol. The van der Waals surface area contributed by atoms with Gasteiger partial charge in [-0.15, -0.1) is 0 Å². The Kier molecular flexibility index (Phi) is 6.30. The summed E-state index contributed by atoms with van der Waals surface area (Å²) in [5.41, 5.74) is -0.167. The number of ether oxygens (including phenoxy) is 1. The molecule has 0 aliphatic rings. The molecule has 1 heterocycles. The van der Waals surface area contributed by atoms with Crippen LogP contribution in [0.3, 0.4) is 0 Å². The van der Waals surface area contributed by atoms with Crippen molar-refractivity contribution in [3.05, 3.63) is 24.0 Å². The zero-order valence-electron chi connectivity index (χ0n) is 12.4. The highest BCUT2D eigenvalue weighted by Gasteiger charge is 2.22. The van der Waals surface area contributed by atoms with Gasteiger partial charge < -0.3 is 9.84 Å². The Balaban J connectivity index is 2.88. The summed E-state index contributed by atoms with van der Waals surface area (Å²) in [6.07, 6.45) is 2.69. The number of aromatic nitrogens is 1. The van der Waals surface area contributed by atoms with Crippen molar-refractivity contribution in [3.63, 3.8) is 0 Å². The number of sulfonamides is 1. The Hall–Kier alpha value is -1.46. The van der Waals surface area contributed by atoms with Crippen molar-refractivity contribution in [1.29, 1.82) is 0 Å². The van der Waals surface area contributed by atoms with Crippen LogP contribution in [0.4, 0.5) is 0 Å². The molecule has 0 atom stereocenters. The van der Waals surface area contributed by atoms with Crippen molar-refractivity contribution < 1.29 is 18.3 Å². The molecule has 1 aromatic rings. The van der Waals surface area contributed by atoms with Gasteiger partial charge in [0, 0.05) is 31.1 Å². The maximum atomic E-state index is 12.2. The molecule has 0 spiro atoms. The minimum atomic E-state index is -3.68. The number of aliphatic hydroxyl groups is 1. The van der Waals surface area contributed by atoms with Gasteiger partial charge in [-0.1, -0.05) is 11.8 Å². The first-order valence-corrected chi connectivity index (χ1v) is 7.97. The third-order valence-corrected chi connectivity index (χ3v) is 3.93. The molecule has 0 saturated heterocycles. The fraction of sp³-hybridized carbons (Fsp3) is 0.500. The maximum absolute atomic E-state index is 12.2. The van der Waals surface area contributed by atoms with Crippen molar-refractivity contribution in [2.75, 3.05) is 19.8 Å². The molecule has 0 saturated carbocycles. The standard InChI is InChI=1S/C14H20N2O4S/c1-4-20-14(2,3)11-16-21(18,19)13-8-12(6-5-7-17)9-15-10-13/h8-10,16-17H,4,7,11H2,1-3H3. The van der Waals surface area contributed by atoms with Crippen molar-refractivity contribution >= 4 is 10.0 Å². The first kappa shape index (κ1) is 17.6. The number of aliphatic hydroxyl groups excluding tert-OH is 1. The van der Waals surface area contributed by atoms with E-state index in [1.165, 1.54) is 18.5 Å². The largest absolute Gasteiger partial charge is 0.384 e. The molecule has 0 aromatic carbocycles. The highest BCUT2D eigenvalue weighted by atomic mass is 32.2. The predicted octanol–water partition coefficient (Wildman–Crippen LogP) is 0.519. The van der Waals surface area contributed by atoms with Gasteiger partial charge in [0.15, 0.2) is 0 Å². The summed E-state index contributed by atoms with van der Waals surface area (Å²) in [4.78, 5) is 3.88. The quantitative estimate of drug-likeness (QED) is 0.748. The van der Waals surface area contributed by atoms with Crippen LogP contribution in [0.25, 0.3) is 0 Å². The first-order chi connectivity index (χ1) is 9.80. The van der Waals surface area contributed by atoms with E-state index in [4.69, 9.17) is 9.84 Å². The van der Waals surface area contributed by atoms with Gasteiger partial charge in [-0.2, -0.15) is 0 Å². The molecular weight excluding hydrogens is 292 g/mol. The number of nitrogens with zero attached hydrogens (tertiary/aromatic N) is 1. The van der Waals surface area contributed by atoms with Crippen molar-refractivity contribution in [2.45, 2.75) is 31.3 Å². The van der Waals surface area contributed by atoms with Crippen LogP contribution in [-0.4, -0.2) is 43.9 Å². The summed E-state index contributed by atoms with van der Waals surface area (Å²) in [5, 5.41) is 8.64. The number of nitrogens with one attached hydrogen (secondary N) is 1. The number of pyridine rings is 1. The molecule has 0 aliphatic heterocycles. The minimum absolute atomic E-state index is 0.0274.